The van der Waals surface area contributed by atoms with E-state index in [1.165, 1.54) is 12.1 Å². The number of aryl methyl sites for hydroxylation is 1. The van der Waals surface area contributed by atoms with Gasteiger partial charge >= 0.3 is 0 Å². The predicted octanol–water partition coefficient (Wildman–Crippen LogP) is 3.10. The molecule has 26 heavy (non-hydrogen) atoms. The van der Waals surface area contributed by atoms with Gasteiger partial charge in [0.1, 0.15) is 5.82 Å². The van der Waals surface area contributed by atoms with Crippen LogP contribution in [-0.2, 0) is 10.0 Å². The van der Waals surface area contributed by atoms with Crippen LogP contribution in [0.4, 0.5) is 10.1 Å². The van der Waals surface area contributed by atoms with Gasteiger partial charge in [0.2, 0.25) is 10.0 Å². The lowest BCUT2D eigenvalue weighted by Gasteiger charge is -2.13. The van der Waals surface area contributed by atoms with Crippen LogP contribution in [0.15, 0.2) is 23.2 Å². The lowest BCUT2D eigenvalue weighted by atomic mass is 10.1. The van der Waals surface area contributed by atoms with Crippen molar-refractivity contribution in [1.29, 1.82) is 0 Å². The summed E-state index contributed by atoms with van der Waals surface area (Å²) in [6, 6.07) is 4.26. The minimum atomic E-state index is -3.57. The molecule has 0 aliphatic rings. The molecular formula is C17H30FIN4O2S. The summed E-state index contributed by atoms with van der Waals surface area (Å²) in [5, 5.41) is 6.08. The third kappa shape index (κ3) is 10.1. The molecule has 1 aromatic rings. The molecule has 0 aromatic heterocycles. The van der Waals surface area contributed by atoms with E-state index in [9.17, 15) is 12.8 Å². The molecule has 0 radical (unpaired) electrons. The molecule has 0 heterocycles. The summed E-state index contributed by atoms with van der Waals surface area (Å²) in [5.74, 6) is 0.577. The van der Waals surface area contributed by atoms with E-state index in [2.05, 4.69) is 34.2 Å². The smallest absolute Gasteiger partial charge is 0.234 e. The quantitative estimate of drug-likeness (QED) is 0.277. The van der Waals surface area contributed by atoms with Crippen LogP contribution in [0.3, 0.4) is 0 Å². The molecular weight excluding hydrogens is 470 g/mol. The highest BCUT2D eigenvalue weighted by Crippen LogP contribution is 2.14. The summed E-state index contributed by atoms with van der Waals surface area (Å²) < 4.78 is 40.1. The molecule has 9 heteroatoms. The molecule has 150 valence electrons. The second-order valence-electron chi connectivity index (χ2n) is 6.25. The van der Waals surface area contributed by atoms with E-state index in [-0.39, 0.29) is 42.0 Å². The van der Waals surface area contributed by atoms with E-state index in [0.717, 1.165) is 6.42 Å². The Kier molecular flexibility index (Phi) is 11.8. The van der Waals surface area contributed by atoms with Crippen LogP contribution in [0.5, 0.6) is 0 Å². The fourth-order valence-corrected chi connectivity index (χ4v) is 2.93. The molecule has 0 aliphatic carbocycles. The van der Waals surface area contributed by atoms with Gasteiger partial charge in [-0.05, 0) is 43.9 Å². The van der Waals surface area contributed by atoms with Crippen LogP contribution >= 0.6 is 24.0 Å². The van der Waals surface area contributed by atoms with E-state index in [0.29, 0.717) is 30.5 Å². The first-order valence-corrected chi connectivity index (χ1v) is 10.2. The highest BCUT2D eigenvalue weighted by Gasteiger charge is 2.11. The Morgan fingerprint density at radius 1 is 1.27 bits per heavy atom. The second kappa shape index (κ2) is 12.3. The van der Waals surface area contributed by atoms with Crippen molar-refractivity contribution in [2.75, 3.05) is 30.1 Å². The fourth-order valence-electron chi connectivity index (χ4n) is 1.97. The van der Waals surface area contributed by atoms with E-state index < -0.39 is 15.8 Å². The van der Waals surface area contributed by atoms with Crippen molar-refractivity contribution >= 4 is 45.6 Å². The maximum absolute atomic E-state index is 13.5. The Hall–Kier alpha value is -1.10. The summed E-state index contributed by atoms with van der Waals surface area (Å²) in [6.45, 7) is 9.41. The summed E-state index contributed by atoms with van der Waals surface area (Å²) >= 11 is 0. The van der Waals surface area contributed by atoms with Gasteiger partial charge < -0.3 is 10.6 Å². The van der Waals surface area contributed by atoms with Crippen molar-refractivity contribution < 1.29 is 12.8 Å². The maximum atomic E-state index is 13.5. The van der Waals surface area contributed by atoms with E-state index in [1.807, 2.05) is 6.92 Å². The largest absolute Gasteiger partial charge is 0.357 e. The number of hydrogen-bond acceptors (Lipinski definition) is 3. The van der Waals surface area contributed by atoms with Crippen LogP contribution in [0.2, 0.25) is 0 Å². The van der Waals surface area contributed by atoms with E-state index in [1.54, 1.807) is 13.0 Å². The lowest BCUT2D eigenvalue weighted by Crippen LogP contribution is -2.40. The SMILES string of the molecule is CCNC(=NCCC(C)C)NCCS(=O)(=O)Nc1ccc(C)c(F)c1.I. The topological polar surface area (TPSA) is 82.6 Å². The van der Waals surface area contributed by atoms with Gasteiger partial charge in [0, 0.05) is 19.6 Å². The molecule has 1 aromatic carbocycles. The monoisotopic (exact) mass is 500 g/mol. The minimum absolute atomic E-state index is 0. The summed E-state index contributed by atoms with van der Waals surface area (Å²) in [7, 11) is -3.57. The van der Waals surface area contributed by atoms with E-state index in [4.69, 9.17) is 0 Å². The average Bonchev–Trinajstić information content (AvgIpc) is 2.50. The van der Waals surface area contributed by atoms with Crippen molar-refractivity contribution in [3.63, 3.8) is 0 Å². The van der Waals surface area contributed by atoms with Crippen LogP contribution < -0.4 is 15.4 Å². The number of anilines is 1. The summed E-state index contributed by atoms with van der Waals surface area (Å²) in [6.07, 6.45) is 0.968. The van der Waals surface area contributed by atoms with E-state index >= 15 is 0 Å². The van der Waals surface area contributed by atoms with Crippen molar-refractivity contribution in [3.05, 3.63) is 29.6 Å². The molecule has 0 spiro atoms. The third-order valence-electron chi connectivity index (χ3n) is 3.43. The van der Waals surface area contributed by atoms with Crippen LogP contribution in [0.1, 0.15) is 32.8 Å². The molecule has 1 rings (SSSR count). The van der Waals surface area contributed by atoms with Crippen molar-refractivity contribution in [1.82, 2.24) is 10.6 Å². The Labute approximate surface area is 173 Å². The first kappa shape index (κ1) is 24.9. The molecule has 0 aliphatic heterocycles. The standard InChI is InChI=1S/C17H29FN4O2S.HI/c1-5-19-17(20-9-8-13(2)3)21-10-11-25(23,24)22-15-7-6-14(4)16(18)12-15;/h6-7,12-13,22H,5,8-11H2,1-4H3,(H2,19,20,21);1H. The van der Waals surface area contributed by atoms with Crippen LogP contribution in [0, 0.1) is 18.7 Å². The first-order chi connectivity index (χ1) is 11.7. The zero-order valence-corrected chi connectivity index (χ0v) is 18.9. The number of rotatable bonds is 9. The number of guanidine groups is 1. The number of halogens is 2. The molecule has 0 fully saturated rings. The average molecular weight is 500 g/mol. The highest BCUT2D eigenvalue weighted by atomic mass is 127. The van der Waals surface area contributed by atoms with Crippen molar-refractivity contribution in [2.24, 2.45) is 10.9 Å². The van der Waals surface area contributed by atoms with Gasteiger partial charge in [-0.15, -0.1) is 24.0 Å². The van der Waals surface area contributed by atoms with Gasteiger partial charge in [0.05, 0.1) is 11.4 Å². The maximum Gasteiger partial charge on any atom is 0.234 e. The predicted molar refractivity (Wildman–Crippen MR) is 117 cm³/mol. The lowest BCUT2D eigenvalue weighted by molar-refractivity contribution is 0.594. The molecule has 0 bridgehead atoms. The Balaban J connectivity index is 0.00000625. The van der Waals surface area contributed by atoms with Gasteiger partial charge in [-0.2, -0.15) is 0 Å². The fraction of sp³-hybridized carbons (Fsp3) is 0.588. The molecule has 0 saturated heterocycles. The zero-order valence-electron chi connectivity index (χ0n) is 15.8. The molecule has 0 atom stereocenters. The number of nitrogens with one attached hydrogen (secondary N) is 3. The molecule has 0 unspecified atom stereocenters. The molecule has 3 N–H and O–H groups in total. The Morgan fingerprint density at radius 2 is 1.96 bits per heavy atom. The molecule has 0 amide bonds. The van der Waals surface area contributed by atoms with Crippen molar-refractivity contribution in [2.45, 2.75) is 34.1 Å². The number of benzene rings is 1. The van der Waals surface area contributed by atoms with Crippen LogP contribution in [-0.4, -0.2) is 39.8 Å². The highest BCUT2D eigenvalue weighted by molar-refractivity contribution is 14.0. The number of sulfonamides is 1. The Morgan fingerprint density at radius 3 is 2.54 bits per heavy atom. The van der Waals surface area contributed by atoms with Crippen LogP contribution in [0.25, 0.3) is 0 Å². The summed E-state index contributed by atoms with van der Waals surface area (Å²) in [4.78, 5) is 4.41. The molecule has 0 saturated carbocycles. The second-order valence-corrected chi connectivity index (χ2v) is 8.10. The van der Waals surface area contributed by atoms with Gasteiger partial charge in [0.25, 0.3) is 0 Å². The number of nitrogens with zero attached hydrogens (tertiary/aromatic N) is 1. The zero-order chi connectivity index (χ0) is 18.9. The number of hydrogen-bond donors (Lipinski definition) is 3. The normalized spacial score (nSPS) is 11.8. The van der Waals surface area contributed by atoms with Gasteiger partial charge in [-0.3, -0.25) is 9.71 Å². The number of aliphatic imine (C=N–C) groups is 1. The van der Waals surface area contributed by atoms with Gasteiger partial charge in [-0.1, -0.05) is 19.9 Å². The third-order valence-corrected chi connectivity index (χ3v) is 4.72. The van der Waals surface area contributed by atoms with Gasteiger partial charge in [-0.25, -0.2) is 12.8 Å². The molecule has 6 nitrogen and oxygen atoms in total. The van der Waals surface area contributed by atoms with Crippen molar-refractivity contribution in [3.8, 4) is 0 Å². The minimum Gasteiger partial charge on any atom is -0.357 e. The Bertz CT molecular complexity index is 681. The summed E-state index contributed by atoms with van der Waals surface area (Å²) in [5.41, 5.74) is 0.693. The first-order valence-electron chi connectivity index (χ1n) is 8.52. The van der Waals surface area contributed by atoms with Gasteiger partial charge in [0.15, 0.2) is 5.96 Å².